The van der Waals surface area contributed by atoms with E-state index < -0.39 is 32.7 Å². The van der Waals surface area contributed by atoms with Gasteiger partial charge in [-0.3, -0.25) is 4.79 Å². The van der Waals surface area contributed by atoms with Gasteiger partial charge in [-0.2, -0.15) is 4.31 Å². The predicted octanol–water partition coefficient (Wildman–Crippen LogP) is 6.73. The summed E-state index contributed by atoms with van der Waals surface area (Å²) in [4.78, 5) is 13.9. The summed E-state index contributed by atoms with van der Waals surface area (Å²) in [5, 5.41) is 11.3. The Kier molecular flexibility index (Phi) is 6.97. The molecule has 1 N–H and O–H groups in total. The Labute approximate surface area is 232 Å². The molecule has 0 unspecified atom stereocenters. The highest BCUT2D eigenvalue weighted by molar-refractivity contribution is 7.93. The molecule has 7 heteroatoms. The highest BCUT2D eigenvalue weighted by atomic mass is 32.2. The first-order valence-electron chi connectivity index (χ1n) is 12.9. The number of sulfonamides is 1. The molecule has 1 aliphatic rings. The molecule has 1 heterocycles. The molecule has 0 aliphatic carbocycles. The van der Waals surface area contributed by atoms with E-state index in [9.17, 15) is 18.3 Å². The van der Waals surface area contributed by atoms with E-state index in [4.69, 9.17) is 4.74 Å². The smallest absolute Gasteiger partial charge is 0.271 e. The molecule has 0 aromatic heterocycles. The zero-order chi connectivity index (χ0) is 29.1. The minimum Gasteiger partial charge on any atom is -0.507 e. The van der Waals surface area contributed by atoms with Gasteiger partial charge in [-0.1, -0.05) is 78.0 Å². The van der Waals surface area contributed by atoms with Crippen molar-refractivity contribution < 1.29 is 23.1 Å². The van der Waals surface area contributed by atoms with Crippen molar-refractivity contribution in [2.75, 3.05) is 11.4 Å². The maximum atomic E-state index is 13.9. The first-order chi connectivity index (χ1) is 18.0. The number of hydrogen-bond donors (Lipinski definition) is 1. The number of benzene rings is 3. The summed E-state index contributed by atoms with van der Waals surface area (Å²) in [6.45, 7) is 18.1. The molecule has 4 rings (SSSR count). The van der Waals surface area contributed by atoms with Gasteiger partial charge in [0.05, 0.1) is 17.7 Å². The van der Waals surface area contributed by atoms with Crippen LogP contribution in [0.1, 0.15) is 75.3 Å². The Hall–Kier alpha value is -3.58. The van der Waals surface area contributed by atoms with Crippen LogP contribution in [0.4, 0.5) is 5.69 Å². The molecule has 0 bridgehead atoms. The number of anilines is 1. The van der Waals surface area contributed by atoms with Gasteiger partial charge in [-0.05, 0) is 70.3 Å². The Morgan fingerprint density at radius 2 is 1.44 bits per heavy atom. The topological polar surface area (TPSA) is 83.9 Å². The molecule has 39 heavy (non-hydrogen) atoms. The summed E-state index contributed by atoms with van der Waals surface area (Å²) in [5.74, 6) is -0.587. The molecule has 1 aliphatic heterocycles. The van der Waals surface area contributed by atoms with Crippen LogP contribution < -0.4 is 9.04 Å². The average Bonchev–Trinajstić information content (AvgIpc) is 2.83. The number of carbonyl (C=O) groups excluding carboxylic acids is 1. The van der Waals surface area contributed by atoms with Gasteiger partial charge in [0.15, 0.2) is 0 Å². The first-order valence-corrected chi connectivity index (χ1v) is 14.3. The van der Waals surface area contributed by atoms with E-state index in [0.29, 0.717) is 11.3 Å². The number of rotatable bonds is 4. The Balaban J connectivity index is 2.02. The van der Waals surface area contributed by atoms with Gasteiger partial charge in [0.25, 0.3) is 15.9 Å². The van der Waals surface area contributed by atoms with E-state index in [1.807, 2.05) is 60.6 Å². The number of aryl methyl sites for hydroxylation is 1. The number of ether oxygens (including phenoxy) is 1. The molecule has 206 valence electrons. The molecular formula is C32H37NO5S. The van der Waals surface area contributed by atoms with Crippen LogP contribution in [-0.2, 0) is 25.6 Å². The zero-order valence-electron chi connectivity index (χ0n) is 23.9. The lowest BCUT2D eigenvalue weighted by Crippen LogP contribution is -2.43. The Morgan fingerprint density at radius 3 is 1.92 bits per heavy atom. The molecule has 0 fully saturated rings. The summed E-state index contributed by atoms with van der Waals surface area (Å²) in [5.41, 5.74) is 3.32. The van der Waals surface area contributed by atoms with Crippen LogP contribution in [0.3, 0.4) is 0 Å². The van der Waals surface area contributed by atoms with Crippen LogP contribution in [0, 0.1) is 6.92 Å². The number of carbonyl (C=O) groups is 1. The lowest BCUT2D eigenvalue weighted by atomic mass is 9.74. The third kappa shape index (κ3) is 4.96. The average molecular weight is 548 g/mol. The third-order valence-electron chi connectivity index (χ3n) is 7.21. The molecule has 6 nitrogen and oxygen atoms in total. The van der Waals surface area contributed by atoms with Gasteiger partial charge in [0, 0.05) is 11.5 Å². The molecule has 0 radical (unpaired) electrons. The van der Waals surface area contributed by atoms with E-state index in [1.165, 1.54) is 19.2 Å². The molecule has 1 atom stereocenters. The molecule has 0 saturated carbocycles. The van der Waals surface area contributed by atoms with E-state index >= 15 is 0 Å². The fraction of sp³-hybridized carbons (Fsp3) is 0.344. The number of fused-ring (bicyclic) bond motifs is 1. The second-order valence-corrected chi connectivity index (χ2v) is 14.0. The largest absolute Gasteiger partial charge is 0.507 e. The van der Waals surface area contributed by atoms with Gasteiger partial charge >= 0.3 is 0 Å². The normalized spacial score (nSPS) is 16.3. The molecule has 0 saturated heterocycles. The fourth-order valence-electron chi connectivity index (χ4n) is 5.03. The van der Waals surface area contributed by atoms with Gasteiger partial charge < -0.3 is 9.84 Å². The molecule has 3 aromatic rings. The van der Waals surface area contributed by atoms with Crippen molar-refractivity contribution >= 4 is 21.6 Å². The number of phenolic OH excluding ortho intramolecular Hbond substituents is 1. The summed E-state index contributed by atoms with van der Waals surface area (Å²) in [6, 6.07) is 15.2. The van der Waals surface area contributed by atoms with Crippen molar-refractivity contribution in [1.29, 1.82) is 0 Å². The molecule has 3 aromatic carbocycles. The summed E-state index contributed by atoms with van der Waals surface area (Å²) < 4.78 is 34.0. The van der Waals surface area contributed by atoms with Crippen molar-refractivity contribution in [2.24, 2.45) is 0 Å². The van der Waals surface area contributed by atoms with Gasteiger partial charge in [0.1, 0.15) is 11.5 Å². The number of nitrogens with zero attached hydrogens (tertiary/aromatic N) is 1. The van der Waals surface area contributed by atoms with Crippen molar-refractivity contribution in [2.45, 2.75) is 70.1 Å². The number of amides is 1. The molecule has 0 spiro atoms. The Morgan fingerprint density at radius 1 is 0.897 bits per heavy atom. The minimum atomic E-state index is -4.23. The highest BCUT2D eigenvalue weighted by Gasteiger charge is 2.43. The van der Waals surface area contributed by atoms with Crippen LogP contribution in [-0.4, -0.2) is 26.5 Å². The lowest BCUT2D eigenvalue weighted by molar-refractivity contribution is -0.114. The highest BCUT2D eigenvalue weighted by Crippen LogP contribution is 2.49. The third-order valence-corrected chi connectivity index (χ3v) is 8.92. The predicted molar refractivity (Wildman–Crippen MR) is 155 cm³/mol. The summed E-state index contributed by atoms with van der Waals surface area (Å²) in [7, 11) is -2.69. The maximum Gasteiger partial charge on any atom is 0.271 e. The fourth-order valence-corrected chi connectivity index (χ4v) is 6.48. The van der Waals surface area contributed by atoms with Crippen molar-refractivity contribution in [1.82, 2.24) is 0 Å². The van der Waals surface area contributed by atoms with Gasteiger partial charge in [-0.15, -0.1) is 0 Å². The maximum absolute atomic E-state index is 13.9. The monoisotopic (exact) mass is 547 g/mol. The minimum absolute atomic E-state index is 0.0177. The van der Waals surface area contributed by atoms with Crippen LogP contribution in [0.25, 0.3) is 0 Å². The van der Waals surface area contributed by atoms with Gasteiger partial charge in [-0.25, -0.2) is 8.42 Å². The quantitative estimate of drug-likeness (QED) is 0.366. The standard InChI is InChI=1S/C32H37NO5S/c1-19-10-13-23(14-11-19)39(36,37)33-27-15-12-22(38-9)18-24(27)28(20(2)30(33)35)21-16-25(31(3,4)5)29(34)26(17-21)32(6,7)8/h10-18,28,34H,2H2,1,3-9H3/t28-/m0/s1. The molecular weight excluding hydrogens is 510 g/mol. The second kappa shape index (κ2) is 9.56. The second-order valence-electron chi connectivity index (χ2n) is 12.2. The van der Waals surface area contributed by atoms with Gasteiger partial charge in [0.2, 0.25) is 0 Å². The lowest BCUT2D eigenvalue weighted by Gasteiger charge is -2.36. The van der Waals surface area contributed by atoms with E-state index in [-0.39, 0.29) is 21.9 Å². The van der Waals surface area contributed by atoms with Crippen molar-refractivity contribution in [3.05, 3.63) is 94.6 Å². The van der Waals surface area contributed by atoms with Crippen LogP contribution >= 0.6 is 0 Å². The van der Waals surface area contributed by atoms with E-state index in [2.05, 4.69) is 6.58 Å². The summed E-state index contributed by atoms with van der Waals surface area (Å²) in [6.07, 6.45) is 0. The number of hydrogen-bond acceptors (Lipinski definition) is 5. The number of methoxy groups -OCH3 is 1. The van der Waals surface area contributed by atoms with Crippen molar-refractivity contribution in [3.63, 3.8) is 0 Å². The van der Waals surface area contributed by atoms with E-state index in [0.717, 1.165) is 26.6 Å². The Bertz CT molecular complexity index is 1540. The molecule has 1 amide bonds. The first kappa shape index (κ1) is 28.4. The van der Waals surface area contributed by atoms with Crippen LogP contribution in [0.5, 0.6) is 11.5 Å². The number of aromatic hydroxyl groups is 1. The van der Waals surface area contributed by atoms with Crippen LogP contribution in [0.2, 0.25) is 0 Å². The van der Waals surface area contributed by atoms with Crippen LogP contribution in [0.15, 0.2) is 71.6 Å². The zero-order valence-corrected chi connectivity index (χ0v) is 24.7. The summed E-state index contributed by atoms with van der Waals surface area (Å²) >= 11 is 0. The number of phenols is 1. The van der Waals surface area contributed by atoms with E-state index in [1.54, 1.807) is 30.3 Å². The SMILES string of the molecule is C=C1C(=O)N(S(=O)(=O)c2ccc(C)cc2)c2ccc(OC)cc2[C@@H]1c1cc(C(C)(C)C)c(O)c(C(C)(C)C)c1. The van der Waals surface area contributed by atoms with Crippen molar-refractivity contribution in [3.8, 4) is 11.5 Å².